The van der Waals surface area contributed by atoms with Crippen molar-refractivity contribution >= 4 is 23.6 Å². The molecular formula is C19H25FN4O5. The van der Waals surface area contributed by atoms with Crippen LogP contribution in [0.25, 0.3) is 0 Å². The maximum absolute atomic E-state index is 14.7. The van der Waals surface area contributed by atoms with Crippen LogP contribution in [0.4, 0.5) is 14.9 Å². The first-order valence-corrected chi connectivity index (χ1v) is 8.92. The topological polar surface area (TPSA) is 114 Å². The van der Waals surface area contributed by atoms with E-state index in [0.717, 1.165) is 23.1 Å². The van der Waals surface area contributed by atoms with Gasteiger partial charge in [-0.2, -0.15) is 0 Å². The first kappa shape index (κ1) is 22.3. The summed E-state index contributed by atoms with van der Waals surface area (Å²) in [6.45, 7) is 9.66. The molecule has 0 unspecified atom stereocenters. The van der Waals surface area contributed by atoms with Gasteiger partial charge in [0.15, 0.2) is 0 Å². The quantitative estimate of drug-likeness (QED) is 0.595. The fourth-order valence-electron chi connectivity index (χ4n) is 3.05. The number of aliphatic imine (C=N–C) groups is 1. The van der Waals surface area contributed by atoms with Crippen molar-refractivity contribution in [2.75, 3.05) is 7.05 Å². The van der Waals surface area contributed by atoms with E-state index in [2.05, 4.69) is 10.3 Å². The van der Waals surface area contributed by atoms with Gasteiger partial charge in [0.2, 0.25) is 11.9 Å². The van der Waals surface area contributed by atoms with Crippen LogP contribution in [0.3, 0.4) is 0 Å². The van der Waals surface area contributed by atoms with Gasteiger partial charge < -0.3 is 4.74 Å². The second-order valence-corrected chi connectivity index (χ2v) is 8.54. The molecule has 10 heteroatoms. The molecule has 2 rings (SSSR count). The highest BCUT2D eigenvalue weighted by molar-refractivity contribution is 6.06. The molecule has 158 valence electrons. The highest BCUT2D eigenvalue weighted by Crippen LogP contribution is 2.48. The number of carbonyl (C=O) groups excluding carboxylic acids is 2. The Bertz CT molecular complexity index is 906. The molecular weight excluding hydrogens is 383 g/mol. The van der Waals surface area contributed by atoms with Gasteiger partial charge in [-0.15, -0.1) is 0 Å². The Hall–Kier alpha value is -3.04. The number of alkyl carbamates (subject to hydrolysis) is 1. The second kappa shape index (κ2) is 7.09. The zero-order valence-electron chi connectivity index (χ0n) is 17.5. The molecule has 1 aliphatic rings. The van der Waals surface area contributed by atoms with Crippen molar-refractivity contribution in [2.24, 2.45) is 10.4 Å². The average molecular weight is 408 g/mol. The Balaban J connectivity index is 2.62. The number of non-ortho nitro benzene ring substituents is 1. The van der Waals surface area contributed by atoms with Gasteiger partial charge >= 0.3 is 6.09 Å². The summed E-state index contributed by atoms with van der Waals surface area (Å²) in [6.07, 6.45) is -0.836. The SMILES string of the molecule is CN1C(=O)C(C)(C)[C@@](C)(c2cc([N+](=O)[O-])ccc2F)N=C1NC(=O)OC(C)(C)C. The van der Waals surface area contributed by atoms with Crippen LogP contribution in [0.5, 0.6) is 0 Å². The smallest absolute Gasteiger partial charge is 0.414 e. The van der Waals surface area contributed by atoms with E-state index in [1.807, 2.05) is 0 Å². The lowest BCUT2D eigenvalue weighted by atomic mass is 9.67. The van der Waals surface area contributed by atoms with E-state index in [0.29, 0.717) is 0 Å². The maximum Gasteiger partial charge on any atom is 0.414 e. The number of halogens is 1. The van der Waals surface area contributed by atoms with Crippen LogP contribution >= 0.6 is 0 Å². The third-order valence-corrected chi connectivity index (χ3v) is 5.00. The minimum atomic E-state index is -1.53. The molecule has 0 aromatic heterocycles. The van der Waals surface area contributed by atoms with E-state index in [-0.39, 0.29) is 17.2 Å². The van der Waals surface area contributed by atoms with Crippen LogP contribution in [0.15, 0.2) is 23.2 Å². The Kier molecular flexibility index (Phi) is 5.44. The molecule has 1 aliphatic heterocycles. The van der Waals surface area contributed by atoms with Gasteiger partial charge in [0.05, 0.1) is 10.3 Å². The van der Waals surface area contributed by atoms with Crippen LogP contribution in [0, 0.1) is 21.3 Å². The van der Waals surface area contributed by atoms with Crippen LogP contribution in [0.2, 0.25) is 0 Å². The molecule has 9 nitrogen and oxygen atoms in total. The zero-order chi connectivity index (χ0) is 22.4. The van der Waals surface area contributed by atoms with Gasteiger partial charge in [-0.25, -0.2) is 14.2 Å². The van der Waals surface area contributed by atoms with Gasteiger partial charge in [-0.05, 0) is 47.6 Å². The molecule has 29 heavy (non-hydrogen) atoms. The third kappa shape index (κ3) is 4.06. The summed E-state index contributed by atoms with van der Waals surface area (Å²) in [5, 5.41) is 13.6. The monoisotopic (exact) mass is 408 g/mol. The van der Waals surface area contributed by atoms with E-state index in [9.17, 15) is 24.1 Å². The highest BCUT2D eigenvalue weighted by Gasteiger charge is 2.54. The van der Waals surface area contributed by atoms with Gasteiger partial charge in [-0.1, -0.05) is 0 Å². The number of hydrogen-bond donors (Lipinski definition) is 1. The summed E-state index contributed by atoms with van der Waals surface area (Å²) in [7, 11) is 1.42. The molecule has 1 heterocycles. The van der Waals surface area contributed by atoms with Crippen molar-refractivity contribution in [1.82, 2.24) is 10.2 Å². The summed E-state index contributed by atoms with van der Waals surface area (Å²) in [4.78, 5) is 41.3. The number of amides is 2. The minimum absolute atomic E-state index is 0.123. The number of nitro benzene ring substituents is 1. The molecule has 0 saturated heterocycles. The van der Waals surface area contributed by atoms with Crippen molar-refractivity contribution in [3.8, 4) is 0 Å². The summed E-state index contributed by atoms with van der Waals surface area (Å²) in [5.74, 6) is -1.34. The Morgan fingerprint density at radius 1 is 1.31 bits per heavy atom. The molecule has 0 saturated carbocycles. The molecule has 0 bridgehead atoms. The predicted molar refractivity (Wildman–Crippen MR) is 104 cm³/mol. The fourth-order valence-corrected chi connectivity index (χ4v) is 3.05. The number of carbonyl (C=O) groups is 2. The van der Waals surface area contributed by atoms with Crippen LogP contribution < -0.4 is 5.32 Å². The van der Waals surface area contributed by atoms with Crippen molar-refractivity contribution in [3.05, 3.63) is 39.7 Å². The van der Waals surface area contributed by atoms with E-state index in [1.165, 1.54) is 14.0 Å². The molecule has 0 fully saturated rings. The first-order chi connectivity index (χ1) is 13.1. The molecule has 1 atom stereocenters. The number of benzene rings is 1. The van der Waals surface area contributed by atoms with Gasteiger partial charge in [0.25, 0.3) is 5.69 Å². The molecule has 0 radical (unpaired) electrons. The average Bonchev–Trinajstić information content (AvgIpc) is 2.56. The Labute approximate surface area is 168 Å². The lowest BCUT2D eigenvalue weighted by molar-refractivity contribution is -0.385. The zero-order valence-corrected chi connectivity index (χ0v) is 17.5. The van der Waals surface area contributed by atoms with E-state index in [4.69, 9.17) is 4.74 Å². The second-order valence-electron chi connectivity index (χ2n) is 8.54. The lowest BCUT2D eigenvalue weighted by Crippen LogP contribution is -2.60. The highest BCUT2D eigenvalue weighted by atomic mass is 19.1. The van der Waals surface area contributed by atoms with Gasteiger partial charge in [0.1, 0.15) is 17.0 Å². The number of nitrogens with one attached hydrogen (secondary N) is 1. The fraction of sp³-hybridized carbons (Fsp3) is 0.526. The van der Waals surface area contributed by atoms with Gasteiger partial charge in [0, 0.05) is 24.7 Å². The van der Waals surface area contributed by atoms with Crippen molar-refractivity contribution in [1.29, 1.82) is 0 Å². The largest absolute Gasteiger partial charge is 0.444 e. The summed E-state index contributed by atoms with van der Waals surface area (Å²) in [5.41, 5.74) is -4.03. The number of hydrogen-bond acceptors (Lipinski definition) is 6. The number of ether oxygens (including phenoxy) is 1. The number of nitro groups is 1. The van der Waals surface area contributed by atoms with Crippen LogP contribution in [0.1, 0.15) is 47.1 Å². The maximum atomic E-state index is 14.7. The normalized spacial score (nSPS) is 21.4. The molecule has 1 aromatic carbocycles. The summed E-state index contributed by atoms with van der Waals surface area (Å²) < 4.78 is 19.9. The standard InChI is InChI=1S/C19H25FN4O5/c1-17(2,3)29-16(26)21-15-22-19(6,18(4,5)14(25)23(15)7)12-10-11(24(27)28)8-9-13(12)20/h8-10H,1-7H3,(H,21,22,26)/t19-/m1/s1. The van der Waals surface area contributed by atoms with Gasteiger partial charge in [-0.3, -0.25) is 25.1 Å². The van der Waals surface area contributed by atoms with Crippen molar-refractivity contribution < 1.29 is 23.6 Å². The summed E-state index contributed by atoms with van der Waals surface area (Å²) >= 11 is 0. The van der Waals surface area contributed by atoms with Crippen molar-refractivity contribution in [3.63, 3.8) is 0 Å². The summed E-state index contributed by atoms with van der Waals surface area (Å²) in [6, 6.07) is 3.06. The molecule has 1 aromatic rings. The van der Waals surface area contributed by atoms with E-state index in [1.54, 1.807) is 34.6 Å². The molecule has 0 aliphatic carbocycles. The third-order valence-electron chi connectivity index (χ3n) is 5.00. The predicted octanol–water partition coefficient (Wildman–Crippen LogP) is 3.33. The van der Waals surface area contributed by atoms with Crippen molar-refractivity contribution in [2.45, 2.75) is 52.7 Å². The first-order valence-electron chi connectivity index (χ1n) is 8.92. The van der Waals surface area contributed by atoms with E-state index < -0.39 is 39.3 Å². The molecule has 0 spiro atoms. The minimum Gasteiger partial charge on any atom is -0.444 e. The van der Waals surface area contributed by atoms with E-state index >= 15 is 0 Å². The van der Waals surface area contributed by atoms with Crippen LogP contribution in [-0.2, 0) is 15.1 Å². The molecule has 1 N–H and O–H groups in total. The number of guanidine groups is 1. The lowest BCUT2D eigenvalue weighted by Gasteiger charge is -2.46. The Morgan fingerprint density at radius 2 is 1.90 bits per heavy atom. The number of rotatable bonds is 2. The Morgan fingerprint density at radius 3 is 2.41 bits per heavy atom. The van der Waals surface area contributed by atoms with Crippen LogP contribution in [-0.4, -0.2) is 40.4 Å². The molecule has 2 amide bonds. The number of nitrogens with zero attached hydrogens (tertiary/aromatic N) is 3.